The van der Waals surface area contributed by atoms with Gasteiger partial charge < -0.3 is 58.9 Å². The average molecular weight is 970 g/mol. The molecule has 12 heteroatoms. The minimum absolute atomic E-state index is 0. The molecule has 8 N–H and O–H groups in total. The maximum atomic E-state index is 10.3. The number of quaternary nitrogens is 2. The Hall–Kier alpha value is -4.59. The summed E-state index contributed by atoms with van der Waals surface area (Å²) in [7, 11) is 0. The Labute approximate surface area is 434 Å². The van der Waals surface area contributed by atoms with Crippen LogP contribution in [-0.4, -0.2) is 71.2 Å². The van der Waals surface area contributed by atoms with Crippen molar-refractivity contribution in [2.75, 3.05) is 13.1 Å². The van der Waals surface area contributed by atoms with Gasteiger partial charge in [-0.05, 0) is 122 Å². The van der Waals surface area contributed by atoms with E-state index < -0.39 is 35.8 Å². The molecule has 0 aliphatic carbocycles. The second-order valence-corrected chi connectivity index (χ2v) is 15.3. The predicted molar refractivity (Wildman–Crippen MR) is 283 cm³/mol. The maximum absolute atomic E-state index is 10.3. The molecular formula is C57H90MgN3O8-. The van der Waals surface area contributed by atoms with E-state index in [0.717, 1.165) is 116 Å². The third-order valence-electron chi connectivity index (χ3n) is 8.90. The number of hydrogen-bond acceptors (Lipinski definition) is 7. The number of aliphatic carboxylic acids is 4. The normalized spacial score (nSPS) is 12.8. The molecule has 69 heavy (non-hydrogen) atoms. The van der Waals surface area contributed by atoms with E-state index >= 15 is 0 Å². The number of carboxylic acid groups (broad SMARTS) is 4. The molecule has 0 bridgehead atoms. The van der Waals surface area contributed by atoms with E-state index in [-0.39, 0.29) is 35.9 Å². The van der Waals surface area contributed by atoms with Gasteiger partial charge in [0.15, 0.2) is 0 Å². The van der Waals surface area contributed by atoms with Gasteiger partial charge >= 0.3 is 29.0 Å². The van der Waals surface area contributed by atoms with E-state index in [1.54, 1.807) is 0 Å². The van der Waals surface area contributed by atoms with E-state index in [1.165, 1.54) is 0 Å². The molecule has 2 atom stereocenters. The topological polar surface area (TPSA) is 237 Å². The van der Waals surface area contributed by atoms with Crippen LogP contribution in [-0.2, 0) is 19.2 Å². The van der Waals surface area contributed by atoms with Crippen molar-refractivity contribution >= 4 is 46.9 Å². The van der Waals surface area contributed by atoms with Crippen molar-refractivity contribution < 1.29 is 51.1 Å². The fraction of sp³-hybridized carbons (Fsp3) is 0.491. The molecule has 0 fully saturated rings. The van der Waals surface area contributed by atoms with Crippen LogP contribution >= 0.6 is 0 Å². The van der Waals surface area contributed by atoms with Gasteiger partial charge in [0.05, 0.1) is 13.1 Å². The van der Waals surface area contributed by atoms with Gasteiger partial charge in [-0.3, -0.25) is 4.79 Å². The number of nitrogens with one attached hydrogen (secondary N) is 1. The Bertz CT molecular complexity index is 1440. The number of rotatable bonds is 38. The summed E-state index contributed by atoms with van der Waals surface area (Å²) in [5.41, 5.74) is 14.2. The molecule has 0 radical (unpaired) electrons. The van der Waals surface area contributed by atoms with E-state index in [9.17, 15) is 34.5 Å². The number of hydrogen-bond donors (Lipinski definition) is 3. The average Bonchev–Trinajstić information content (AvgIpc) is 3.31. The minimum atomic E-state index is -1.27. The second-order valence-electron chi connectivity index (χ2n) is 15.3. The van der Waals surface area contributed by atoms with Crippen LogP contribution in [0.15, 0.2) is 146 Å². The summed E-state index contributed by atoms with van der Waals surface area (Å²) in [6.07, 6.45) is 69.1. The van der Waals surface area contributed by atoms with Crippen LogP contribution in [0.4, 0.5) is 0 Å². The van der Waals surface area contributed by atoms with Crippen LogP contribution in [0.25, 0.3) is 5.73 Å². The number of allylic oxidation sites excluding steroid dienone is 24. The van der Waals surface area contributed by atoms with Crippen LogP contribution in [0.2, 0.25) is 0 Å². The zero-order valence-electron chi connectivity index (χ0n) is 42.6. The molecule has 0 aromatic rings. The van der Waals surface area contributed by atoms with Gasteiger partial charge in [0.1, 0.15) is 0 Å². The van der Waals surface area contributed by atoms with Gasteiger partial charge in [-0.1, -0.05) is 179 Å². The first-order valence-electron chi connectivity index (χ1n) is 24.7. The van der Waals surface area contributed by atoms with Crippen LogP contribution < -0.4 is 26.8 Å². The van der Waals surface area contributed by atoms with Crippen LogP contribution in [0.5, 0.6) is 0 Å². The van der Waals surface area contributed by atoms with Crippen molar-refractivity contribution in [2.24, 2.45) is 5.92 Å². The molecule has 0 aromatic carbocycles. The molecule has 11 nitrogen and oxygen atoms in total. The standard InChI is InChI=1S/2C22H32O2.C7H14NO2.C6H13N2O2.Mg/c2*1-2-3-4-5-6-7-8-9-10-11-12-13-14-15-16-17-18-19-20-21-22(23)24;1-6(7(9)10)4-2-3-5-8;7-4-2-1-3-5(8)6(9)10;/h2*3-4,6-7,9-10,12-13,15-16,18-19H,2,5,8,11,14,17,20-21H2,1H3,(H,23,24);6H,1-5,8H2,(H,9,10);5,8H,1-4,7H2,(H,9,10);/q;;2*-1;+2/p-1/b2*4-3+,7-6-,10-9-,13-12+,16-15-,19-18-;;;/t;;6-;5-;/m..00./s1. The van der Waals surface area contributed by atoms with E-state index in [4.69, 9.17) is 10.8 Å². The minimum Gasteiger partial charge on any atom is -0.670 e. The molecule has 384 valence electrons. The van der Waals surface area contributed by atoms with Gasteiger partial charge in [0.25, 0.3) is 0 Å². The van der Waals surface area contributed by atoms with E-state index in [0.29, 0.717) is 25.7 Å². The summed E-state index contributed by atoms with van der Waals surface area (Å²) in [6, 6.07) is -1.05. The Morgan fingerprint density at radius 1 is 0.464 bits per heavy atom. The molecule has 0 unspecified atom stereocenters. The smallest absolute Gasteiger partial charge is 0.670 e. The molecule has 0 aliphatic heterocycles. The van der Waals surface area contributed by atoms with Crippen LogP contribution in [0.3, 0.4) is 0 Å². The van der Waals surface area contributed by atoms with Crippen LogP contribution in [0.1, 0.15) is 155 Å². The monoisotopic (exact) mass is 969 g/mol. The van der Waals surface area contributed by atoms with Gasteiger partial charge in [-0.25, -0.2) is 0 Å². The predicted octanol–water partition coefficient (Wildman–Crippen LogP) is 8.55. The number of carboxylic acids is 4. The van der Waals surface area contributed by atoms with Crippen molar-refractivity contribution in [1.29, 1.82) is 0 Å². The second kappa shape index (κ2) is 65.5. The summed E-state index contributed by atoms with van der Waals surface area (Å²) in [5, 5.41) is 38.8. The SMILES string of the molecule is CC/C=C/C/C=C\C/C=C\C/C=C/C/C=C\C/C=C\CCC(=O)O.CC/C=C/C/C=C\C/C=C\C/C=C/C/C=C\C/C=C\CCC(=O)[O-].[CH2-][C@@H](CCCC[NH3+])C(=O)[O-].[Mg+2].[NH-][C@@H](CCCC[NH3+])C(=O)[O-]. The molecule has 0 aliphatic rings. The van der Waals surface area contributed by atoms with E-state index in [2.05, 4.69) is 154 Å². The van der Waals surface area contributed by atoms with Crippen molar-refractivity contribution in [3.63, 3.8) is 0 Å². The number of carbonyl (C=O) groups is 4. The van der Waals surface area contributed by atoms with Crippen molar-refractivity contribution in [3.8, 4) is 0 Å². The Balaban J connectivity index is -0.000000283. The molecule has 0 saturated carbocycles. The molecule has 0 spiro atoms. The van der Waals surface area contributed by atoms with Gasteiger partial charge in [-0.2, -0.15) is 0 Å². The molecule has 0 rings (SSSR count). The van der Waals surface area contributed by atoms with Crippen molar-refractivity contribution in [2.45, 2.75) is 161 Å². The Morgan fingerprint density at radius 3 is 0.986 bits per heavy atom. The summed E-state index contributed by atoms with van der Waals surface area (Å²) in [4.78, 5) is 40.6. The largest absolute Gasteiger partial charge is 2.00 e. The first-order chi connectivity index (χ1) is 32.9. The van der Waals surface area contributed by atoms with Gasteiger partial charge in [0.2, 0.25) is 0 Å². The Morgan fingerprint density at radius 2 is 0.739 bits per heavy atom. The van der Waals surface area contributed by atoms with Gasteiger partial charge in [-0.15, -0.1) is 5.92 Å². The molecule has 0 saturated heterocycles. The fourth-order valence-corrected chi connectivity index (χ4v) is 5.02. The quantitative estimate of drug-likeness (QED) is 0.0234. The number of unbranched alkanes of at least 4 members (excludes halogenated alkanes) is 2. The zero-order valence-corrected chi connectivity index (χ0v) is 44.0. The third kappa shape index (κ3) is 77.9. The molecule has 0 heterocycles. The number of carbonyl (C=O) groups excluding carboxylic acids is 3. The summed E-state index contributed by atoms with van der Waals surface area (Å²) in [6.45, 7) is 9.39. The van der Waals surface area contributed by atoms with Crippen molar-refractivity contribution in [3.05, 3.63) is 158 Å². The molecular weight excluding hydrogens is 879 g/mol. The third-order valence-corrected chi connectivity index (χ3v) is 8.90. The van der Waals surface area contributed by atoms with Gasteiger partial charge in [0, 0.05) is 24.3 Å². The first-order valence-corrected chi connectivity index (χ1v) is 24.7. The first kappa shape index (κ1) is 73.4. The molecule has 0 aromatic heterocycles. The fourth-order valence-electron chi connectivity index (χ4n) is 5.02. The summed E-state index contributed by atoms with van der Waals surface area (Å²) < 4.78 is 0. The summed E-state index contributed by atoms with van der Waals surface area (Å²) >= 11 is 0. The Kier molecular flexibility index (Phi) is 69.6. The maximum Gasteiger partial charge on any atom is 2.00 e. The summed E-state index contributed by atoms with van der Waals surface area (Å²) in [5.74, 6) is -4.61. The molecule has 0 amide bonds. The van der Waals surface area contributed by atoms with Crippen LogP contribution in [0, 0.1) is 12.8 Å². The van der Waals surface area contributed by atoms with E-state index in [1.807, 2.05) is 24.3 Å². The zero-order chi connectivity index (χ0) is 51.4. The van der Waals surface area contributed by atoms with Crippen molar-refractivity contribution in [1.82, 2.24) is 0 Å².